The number of aromatic nitrogens is 2. The van der Waals surface area contributed by atoms with Gasteiger partial charge in [0, 0.05) is 17.4 Å². The van der Waals surface area contributed by atoms with Gasteiger partial charge in [0.1, 0.15) is 41.3 Å². The summed E-state index contributed by atoms with van der Waals surface area (Å²) >= 11 is 0. The topological polar surface area (TPSA) is 195 Å². The summed E-state index contributed by atoms with van der Waals surface area (Å²) in [7, 11) is -2.69. The number of rotatable bonds is 7. The predicted molar refractivity (Wildman–Crippen MR) is 190 cm³/mol. The Kier molecular flexibility index (Phi) is 8.96. The summed E-state index contributed by atoms with van der Waals surface area (Å²) in [5.74, 6) is -4.14. The smallest absolute Gasteiger partial charge is 0.408 e. The first-order valence-electron chi connectivity index (χ1n) is 19.0. The van der Waals surface area contributed by atoms with Crippen LogP contribution in [0.4, 0.5) is 13.6 Å². The van der Waals surface area contributed by atoms with E-state index >= 15 is 0 Å². The van der Waals surface area contributed by atoms with Crippen LogP contribution in [0.15, 0.2) is 18.2 Å². The molecule has 15 nitrogen and oxygen atoms in total. The van der Waals surface area contributed by atoms with E-state index in [1.165, 1.54) is 25.9 Å². The number of amides is 4. The van der Waals surface area contributed by atoms with Gasteiger partial charge in [-0.1, -0.05) is 13.3 Å². The maximum atomic E-state index is 14.3. The molecule has 4 aliphatic carbocycles. The minimum absolute atomic E-state index is 0.0241. The molecule has 2 aromatic rings. The van der Waals surface area contributed by atoms with Gasteiger partial charge in [-0.25, -0.2) is 32.0 Å². The van der Waals surface area contributed by atoms with Crippen molar-refractivity contribution in [2.45, 2.75) is 120 Å². The first-order chi connectivity index (χ1) is 26.0. The van der Waals surface area contributed by atoms with Gasteiger partial charge in [-0.15, -0.1) is 0 Å². The molecule has 4 saturated carbocycles. The van der Waals surface area contributed by atoms with Gasteiger partial charge < -0.3 is 29.7 Å². The second-order valence-electron chi connectivity index (χ2n) is 16.6. The lowest BCUT2D eigenvalue weighted by molar-refractivity contribution is -0.141. The SMILES string of the molecule is COc1ccc2nc3c(nc2c1)O[C@H]1CN(C(=O)[C@H](C)NC(=O)O[C@@H]2CC24C[C@H]4CCCC3)[C@H](C(=O)N[C@]2(C(=O)NS(=O)(=O)C3(C)CC3)C[C@H]2C(F)F)[C@@H]1C. The van der Waals surface area contributed by atoms with Gasteiger partial charge in [0.25, 0.3) is 5.91 Å². The van der Waals surface area contributed by atoms with Crippen LogP contribution in [0.2, 0.25) is 0 Å². The van der Waals surface area contributed by atoms with E-state index in [9.17, 15) is 36.4 Å². The molecular formula is C37H46F2N6O9S. The summed E-state index contributed by atoms with van der Waals surface area (Å²) in [5, 5.41) is 5.03. The maximum absolute atomic E-state index is 14.3. The number of ether oxygens (including phenoxy) is 3. The molecule has 298 valence electrons. The van der Waals surface area contributed by atoms with Crippen LogP contribution in [-0.2, 0) is 35.6 Å². The second-order valence-corrected chi connectivity index (χ2v) is 18.8. The van der Waals surface area contributed by atoms with Crippen LogP contribution in [0.5, 0.6) is 11.6 Å². The number of halogens is 2. The average Bonchev–Trinajstić information content (AvgIpc) is 4.03. The Balaban J connectivity index is 1.11. The number of fused-ring (bicyclic) bond motifs is 4. The van der Waals surface area contributed by atoms with Gasteiger partial charge in [0.05, 0.1) is 35.4 Å². The number of hydrogen-bond donors (Lipinski definition) is 3. The van der Waals surface area contributed by atoms with Gasteiger partial charge >= 0.3 is 6.09 Å². The van der Waals surface area contributed by atoms with Crippen molar-refractivity contribution in [1.82, 2.24) is 30.2 Å². The van der Waals surface area contributed by atoms with E-state index in [1.807, 2.05) is 4.72 Å². The summed E-state index contributed by atoms with van der Waals surface area (Å²) in [6.07, 6.45) is 0.0632. The highest BCUT2D eigenvalue weighted by Gasteiger charge is 2.72. The van der Waals surface area contributed by atoms with E-state index in [0.717, 1.165) is 32.1 Å². The fourth-order valence-electron chi connectivity index (χ4n) is 8.64. The second kappa shape index (κ2) is 13.1. The minimum Gasteiger partial charge on any atom is -0.497 e. The van der Waals surface area contributed by atoms with Crippen LogP contribution in [0.1, 0.15) is 77.8 Å². The highest BCUT2D eigenvalue weighted by atomic mass is 32.2. The molecule has 2 aliphatic heterocycles. The molecule has 18 heteroatoms. The number of nitrogens with one attached hydrogen (secondary N) is 3. The molecule has 4 amide bonds. The number of alkyl carbamates (subject to hydrolysis) is 1. The molecule has 9 atom stereocenters. The molecule has 8 rings (SSSR count). The number of methoxy groups -OCH3 is 1. The highest BCUT2D eigenvalue weighted by Crippen LogP contribution is 2.73. The van der Waals surface area contributed by atoms with Crippen LogP contribution < -0.4 is 24.8 Å². The van der Waals surface area contributed by atoms with Crippen molar-refractivity contribution in [3.63, 3.8) is 0 Å². The molecule has 5 fully saturated rings. The molecule has 2 bridgehead atoms. The molecule has 0 radical (unpaired) electrons. The number of sulfonamides is 1. The van der Waals surface area contributed by atoms with Crippen molar-refractivity contribution in [3.05, 3.63) is 23.9 Å². The number of hydrogen-bond acceptors (Lipinski definition) is 11. The Bertz CT molecular complexity index is 2070. The molecule has 6 aliphatic rings. The molecule has 1 aromatic heterocycles. The maximum Gasteiger partial charge on any atom is 0.408 e. The number of benzene rings is 1. The third-order valence-corrected chi connectivity index (χ3v) is 15.1. The molecule has 55 heavy (non-hydrogen) atoms. The number of nitrogens with zero attached hydrogens (tertiary/aromatic N) is 3. The summed E-state index contributed by atoms with van der Waals surface area (Å²) < 4.78 is 72.6. The number of alkyl halides is 2. The average molecular weight is 789 g/mol. The van der Waals surface area contributed by atoms with Crippen molar-refractivity contribution < 1.29 is 50.6 Å². The molecule has 1 spiro atoms. The van der Waals surface area contributed by atoms with E-state index in [4.69, 9.17) is 24.2 Å². The van der Waals surface area contributed by atoms with Crippen molar-refractivity contribution in [2.75, 3.05) is 13.7 Å². The van der Waals surface area contributed by atoms with E-state index in [1.54, 1.807) is 25.1 Å². The quantitative estimate of drug-likeness (QED) is 0.373. The summed E-state index contributed by atoms with van der Waals surface area (Å²) in [6.45, 7) is 4.37. The van der Waals surface area contributed by atoms with E-state index in [2.05, 4.69) is 10.6 Å². The van der Waals surface area contributed by atoms with E-state index in [0.29, 0.717) is 47.7 Å². The lowest BCUT2D eigenvalue weighted by atomic mass is 9.98. The van der Waals surface area contributed by atoms with Crippen molar-refractivity contribution >= 4 is 44.9 Å². The predicted octanol–water partition coefficient (Wildman–Crippen LogP) is 2.99. The Labute approximate surface area is 317 Å². The minimum atomic E-state index is -4.22. The Hall–Kier alpha value is -4.35. The normalized spacial score (nSPS) is 35.0. The number of aryl methyl sites for hydroxylation is 1. The van der Waals surface area contributed by atoms with Gasteiger partial charge in [-0.3, -0.25) is 19.1 Å². The van der Waals surface area contributed by atoms with E-state index < -0.39 is 87.0 Å². The Morgan fingerprint density at radius 2 is 1.84 bits per heavy atom. The lowest BCUT2D eigenvalue weighted by Crippen LogP contribution is -2.59. The Morgan fingerprint density at radius 1 is 1.07 bits per heavy atom. The zero-order valence-corrected chi connectivity index (χ0v) is 31.9. The molecule has 1 saturated heterocycles. The third-order valence-electron chi connectivity index (χ3n) is 12.9. The van der Waals surface area contributed by atoms with Gasteiger partial charge in [0.2, 0.25) is 34.1 Å². The lowest BCUT2D eigenvalue weighted by Gasteiger charge is -2.30. The fraction of sp³-hybridized carbons (Fsp3) is 0.676. The molecular weight excluding hydrogens is 743 g/mol. The monoisotopic (exact) mass is 788 g/mol. The van der Waals surface area contributed by atoms with E-state index in [-0.39, 0.29) is 23.9 Å². The Morgan fingerprint density at radius 3 is 2.53 bits per heavy atom. The molecule has 3 heterocycles. The van der Waals surface area contributed by atoms with Crippen LogP contribution in [0, 0.1) is 23.2 Å². The first kappa shape index (κ1) is 37.6. The zero-order valence-electron chi connectivity index (χ0n) is 31.1. The summed E-state index contributed by atoms with van der Waals surface area (Å²) in [5.41, 5.74) is -0.535. The van der Waals surface area contributed by atoms with Crippen LogP contribution >= 0.6 is 0 Å². The van der Waals surface area contributed by atoms with Crippen molar-refractivity contribution in [3.8, 4) is 11.6 Å². The standard InChI is InChI=1S/C37H46F2N6O9S/c1-18-26-17-45(28(18)30(46)43-37(15-22(37)29(38)39)33(48)44-55(50,51)35(3)11-12-35)32(47)19(2)40-34(49)54-27-16-36(27)14-20(36)7-5-6-8-24-31(53-26)42-25-13-21(52-4)9-10-23(25)41-24/h9-10,13,18-20,22,26-29H,5-8,11-12,14-17H2,1-4H3,(H,40,49)(H,43,46)(H,44,48)/t18-,19+,20-,22+,26+,27-,28+,36?,37-/m1/s1. The highest BCUT2D eigenvalue weighted by molar-refractivity contribution is 7.91. The molecule has 3 N–H and O–H groups in total. The number of carbonyl (C=O) groups is 4. The third kappa shape index (κ3) is 6.60. The van der Waals surface area contributed by atoms with Crippen LogP contribution in [0.3, 0.4) is 0 Å². The molecule has 1 unspecified atom stereocenters. The van der Waals surface area contributed by atoms with Crippen molar-refractivity contribution in [2.24, 2.45) is 23.2 Å². The largest absolute Gasteiger partial charge is 0.497 e. The van der Waals surface area contributed by atoms with Crippen LogP contribution in [0.25, 0.3) is 11.0 Å². The van der Waals surface area contributed by atoms with Gasteiger partial charge in [-0.2, -0.15) is 0 Å². The summed E-state index contributed by atoms with van der Waals surface area (Å²) in [4.78, 5) is 65.8. The van der Waals surface area contributed by atoms with Crippen molar-refractivity contribution in [1.29, 1.82) is 0 Å². The fourth-order valence-corrected chi connectivity index (χ4v) is 9.95. The van der Waals surface area contributed by atoms with Gasteiger partial charge in [0.15, 0.2) is 0 Å². The van der Waals surface area contributed by atoms with Gasteiger partial charge in [-0.05, 0) is 83.3 Å². The first-order valence-corrected chi connectivity index (χ1v) is 20.4. The van der Waals surface area contributed by atoms with Crippen LogP contribution in [-0.4, -0.2) is 102 Å². The summed E-state index contributed by atoms with van der Waals surface area (Å²) in [6, 6.07) is 2.75. The number of carbonyl (C=O) groups excluding carboxylic acids is 4. The molecule has 1 aromatic carbocycles. The zero-order chi connectivity index (χ0) is 39.2.